The van der Waals surface area contributed by atoms with Crippen molar-refractivity contribution < 1.29 is 14.3 Å². The van der Waals surface area contributed by atoms with E-state index in [9.17, 15) is 14.9 Å². The molecule has 0 radical (unpaired) electrons. The number of carbonyl (C=O) groups excluding carboxylic acids is 2. The number of nitrogens with zero attached hydrogens (tertiary/aromatic N) is 3. The molecule has 37 heavy (non-hydrogen) atoms. The van der Waals surface area contributed by atoms with Crippen LogP contribution in [0.2, 0.25) is 0 Å². The summed E-state index contributed by atoms with van der Waals surface area (Å²) in [6, 6.07) is 20.1. The number of ether oxygens (including phenoxy) is 1. The number of esters is 1. The summed E-state index contributed by atoms with van der Waals surface area (Å²) in [6.45, 7) is 5.96. The van der Waals surface area contributed by atoms with Crippen molar-refractivity contribution in [3.8, 4) is 17.3 Å². The maximum absolute atomic E-state index is 13.1. The second-order valence-electron chi connectivity index (χ2n) is 9.83. The summed E-state index contributed by atoms with van der Waals surface area (Å²) in [4.78, 5) is 35.0. The smallest absolute Gasteiger partial charge is 0.310 e. The van der Waals surface area contributed by atoms with Crippen LogP contribution in [0.5, 0.6) is 0 Å². The Hall–Kier alpha value is -4.11. The summed E-state index contributed by atoms with van der Waals surface area (Å²) >= 11 is 0. The number of aryl methyl sites for hydroxylation is 1. The van der Waals surface area contributed by atoms with E-state index in [0.717, 1.165) is 46.5 Å². The molecule has 5 rings (SSSR count). The van der Waals surface area contributed by atoms with Gasteiger partial charge in [-0.3, -0.25) is 9.59 Å². The van der Waals surface area contributed by atoms with E-state index in [1.54, 1.807) is 6.92 Å². The minimum Gasteiger partial charge on any atom is -0.466 e. The molecule has 186 valence electrons. The van der Waals surface area contributed by atoms with Crippen LogP contribution in [0.3, 0.4) is 0 Å². The van der Waals surface area contributed by atoms with Gasteiger partial charge in [0, 0.05) is 17.0 Å². The largest absolute Gasteiger partial charge is 0.466 e. The number of hydrogen-bond donors (Lipinski definition) is 0. The maximum Gasteiger partial charge on any atom is 0.310 e. The number of rotatable bonds is 5. The van der Waals surface area contributed by atoms with Gasteiger partial charge in [0.1, 0.15) is 11.9 Å². The molecule has 0 aliphatic heterocycles. The molecular formula is C31H29N3O3. The molecule has 3 aromatic rings. The fourth-order valence-corrected chi connectivity index (χ4v) is 6.11. The number of aromatic nitrogens is 2. The highest BCUT2D eigenvalue weighted by Crippen LogP contribution is 2.54. The van der Waals surface area contributed by atoms with Crippen LogP contribution in [-0.4, -0.2) is 28.3 Å². The zero-order valence-corrected chi connectivity index (χ0v) is 21.3. The lowest BCUT2D eigenvalue weighted by Gasteiger charge is -2.48. The standard InChI is InChI=1S/C31H29N3O3/c1-4-37-27(35)16-21-9-8-10-22(15-21)28-25-13-14-26-19(2)29(36)23(18-32)17-31(26,24-11-6-5-7-12-24)30(25)34-20(3)33-28/h5-12,15,17,19,26H,4,13-14,16H2,1-3H3/t19-,26-,31+/m0/s1. The highest BCUT2D eigenvalue weighted by atomic mass is 16.5. The first-order chi connectivity index (χ1) is 17.9. The first-order valence-electron chi connectivity index (χ1n) is 12.7. The summed E-state index contributed by atoms with van der Waals surface area (Å²) in [5, 5.41) is 9.90. The number of Topliss-reactive ketones (excluding diaryl/α,β-unsaturated/α-hetero) is 1. The Bertz CT molecular complexity index is 1450. The average Bonchev–Trinajstić information content (AvgIpc) is 2.91. The molecule has 0 N–H and O–H groups in total. The number of hydrogen-bond acceptors (Lipinski definition) is 6. The third-order valence-electron chi connectivity index (χ3n) is 7.68. The molecule has 0 bridgehead atoms. The molecule has 0 spiro atoms. The lowest BCUT2D eigenvalue weighted by atomic mass is 9.54. The van der Waals surface area contributed by atoms with Gasteiger partial charge < -0.3 is 4.74 Å². The number of ketones is 1. The van der Waals surface area contributed by atoms with Gasteiger partial charge in [-0.05, 0) is 55.9 Å². The topological polar surface area (TPSA) is 92.9 Å². The van der Waals surface area contributed by atoms with Gasteiger partial charge in [0.15, 0.2) is 5.78 Å². The van der Waals surface area contributed by atoms with E-state index in [2.05, 4.69) is 18.2 Å². The van der Waals surface area contributed by atoms with Crippen LogP contribution >= 0.6 is 0 Å². The first-order valence-corrected chi connectivity index (χ1v) is 12.7. The molecule has 0 fully saturated rings. The summed E-state index contributed by atoms with van der Waals surface area (Å²) in [5.74, 6) is -0.0671. The predicted octanol–water partition coefficient (Wildman–Crippen LogP) is 5.07. The van der Waals surface area contributed by atoms with Gasteiger partial charge >= 0.3 is 5.97 Å². The van der Waals surface area contributed by atoms with Crippen LogP contribution in [-0.2, 0) is 32.6 Å². The van der Waals surface area contributed by atoms with Crippen molar-refractivity contribution in [2.24, 2.45) is 11.8 Å². The van der Waals surface area contributed by atoms with Gasteiger partial charge in [-0.1, -0.05) is 55.5 Å². The van der Waals surface area contributed by atoms with Crippen molar-refractivity contribution in [1.29, 1.82) is 5.26 Å². The van der Waals surface area contributed by atoms with E-state index in [-0.39, 0.29) is 35.6 Å². The summed E-state index contributed by atoms with van der Waals surface area (Å²) in [5.41, 5.74) is 4.99. The molecule has 6 nitrogen and oxygen atoms in total. The third kappa shape index (κ3) is 4.15. The Morgan fingerprint density at radius 1 is 1.16 bits per heavy atom. The van der Waals surface area contributed by atoms with Gasteiger partial charge in [-0.2, -0.15) is 5.26 Å². The SMILES string of the molecule is CCOC(=O)Cc1cccc(-c2nc(C)nc3c2CC[C@H]2[C@H](C)C(=O)C(C#N)=C[C@]32c2ccccc2)c1. The van der Waals surface area contributed by atoms with Gasteiger partial charge in [0.2, 0.25) is 0 Å². The fourth-order valence-electron chi connectivity index (χ4n) is 6.11. The predicted molar refractivity (Wildman–Crippen MR) is 139 cm³/mol. The van der Waals surface area contributed by atoms with Crippen molar-refractivity contribution in [2.75, 3.05) is 6.61 Å². The molecule has 0 saturated heterocycles. The van der Waals surface area contributed by atoms with Gasteiger partial charge in [-0.25, -0.2) is 9.97 Å². The number of allylic oxidation sites excluding steroid dienone is 2. The molecule has 1 aromatic heterocycles. The molecular weight excluding hydrogens is 462 g/mol. The number of benzene rings is 2. The number of nitriles is 1. The highest BCUT2D eigenvalue weighted by Gasteiger charge is 2.53. The van der Waals surface area contributed by atoms with Crippen LogP contribution in [0.4, 0.5) is 0 Å². The average molecular weight is 492 g/mol. The molecule has 2 aliphatic carbocycles. The normalized spacial score (nSPS) is 22.3. The van der Waals surface area contributed by atoms with Crippen LogP contribution in [0.1, 0.15) is 48.5 Å². The van der Waals surface area contributed by atoms with Gasteiger partial charge in [0.05, 0.1) is 35.4 Å². The van der Waals surface area contributed by atoms with E-state index in [1.807, 2.05) is 62.4 Å². The van der Waals surface area contributed by atoms with E-state index in [4.69, 9.17) is 14.7 Å². The summed E-state index contributed by atoms with van der Waals surface area (Å²) in [7, 11) is 0. The molecule has 6 heteroatoms. The molecule has 1 heterocycles. The summed E-state index contributed by atoms with van der Waals surface area (Å²) in [6.07, 6.45) is 3.55. The Morgan fingerprint density at radius 3 is 2.68 bits per heavy atom. The van der Waals surface area contributed by atoms with Gasteiger partial charge in [-0.15, -0.1) is 0 Å². The zero-order chi connectivity index (χ0) is 26.2. The summed E-state index contributed by atoms with van der Waals surface area (Å²) < 4.78 is 5.14. The van der Waals surface area contributed by atoms with E-state index >= 15 is 0 Å². The minimum atomic E-state index is -0.710. The van der Waals surface area contributed by atoms with Crippen molar-refractivity contribution in [3.63, 3.8) is 0 Å². The van der Waals surface area contributed by atoms with Crippen LogP contribution < -0.4 is 0 Å². The molecule has 0 unspecified atom stereocenters. The molecule has 0 saturated carbocycles. The van der Waals surface area contributed by atoms with Crippen molar-refractivity contribution in [1.82, 2.24) is 9.97 Å². The monoisotopic (exact) mass is 491 g/mol. The zero-order valence-electron chi connectivity index (χ0n) is 21.3. The van der Waals surface area contributed by atoms with Crippen LogP contribution in [0.15, 0.2) is 66.2 Å². The van der Waals surface area contributed by atoms with E-state index < -0.39 is 5.41 Å². The highest BCUT2D eigenvalue weighted by molar-refractivity contribution is 6.02. The third-order valence-corrected chi connectivity index (χ3v) is 7.68. The molecule has 3 atom stereocenters. The van der Waals surface area contributed by atoms with Crippen LogP contribution in [0, 0.1) is 30.1 Å². The lowest BCUT2D eigenvalue weighted by Crippen LogP contribution is -2.48. The molecule has 2 aromatic carbocycles. The number of fused-ring (bicyclic) bond motifs is 3. The second kappa shape index (κ2) is 9.74. The molecule has 2 aliphatic rings. The van der Waals surface area contributed by atoms with Crippen molar-refractivity contribution >= 4 is 11.8 Å². The van der Waals surface area contributed by atoms with E-state index in [0.29, 0.717) is 12.4 Å². The first kappa shape index (κ1) is 24.6. The lowest BCUT2D eigenvalue weighted by molar-refractivity contribution is -0.142. The molecule has 0 amide bonds. The Balaban J connectivity index is 1.74. The minimum absolute atomic E-state index is 0.0238. The maximum atomic E-state index is 13.1. The number of carbonyl (C=O) groups is 2. The van der Waals surface area contributed by atoms with E-state index in [1.165, 1.54) is 0 Å². The van der Waals surface area contributed by atoms with Crippen LogP contribution in [0.25, 0.3) is 11.3 Å². The fraction of sp³-hybridized carbons (Fsp3) is 0.323. The Morgan fingerprint density at radius 2 is 1.95 bits per heavy atom. The van der Waals surface area contributed by atoms with Crippen molar-refractivity contribution in [2.45, 2.75) is 45.4 Å². The second-order valence-corrected chi connectivity index (χ2v) is 9.83. The van der Waals surface area contributed by atoms with Gasteiger partial charge in [0.25, 0.3) is 0 Å². The quantitative estimate of drug-likeness (QED) is 0.463. The Kier molecular flexibility index (Phi) is 6.47. The Labute approximate surface area is 217 Å². The van der Waals surface area contributed by atoms with Crippen molar-refractivity contribution in [3.05, 3.63) is 94.5 Å².